The van der Waals surface area contributed by atoms with E-state index in [0.717, 1.165) is 36.4 Å². The number of rotatable bonds is 4. The van der Waals surface area contributed by atoms with Crippen molar-refractivity contribution in [2.45, 2.75) is 0 Å². The maximum Gasteiger partial charge on any atom is 0.319 e. The van der Waals surface area contributed by atoms with E-state index in [4.69, 9.17) is 9.15 Å². The highest BCUT2D eigenvalue weighted by Gasteiger charge is 2.13. The number of anilines is 1. The number of hydrogen-bond acceptors (Lipinski definition) is 5. The average Bonchev–Trinajstić information content (AvgIpc) is 2.95. The summed E-state index contributed by atoms with van der Waals surface area (Å²) >= 11 is 0. The molecule has 7 heteroatoms. The highest BCUT2D eigenvalue weighted by molar-refractivity contribution is 5.89. The smallest absolute Gasteiger partial charge is 0.319 e. The molecular weight excluding hydrogens is 344 g/mol. The van der Waals surface area contributed by atoms with Crippen molar-refractivity contribution in [1.82, 2.24) is 15.6 Å². The summed E-state index contributed by atoms with van der Waals surface area (Å²) in [6.07, 6.45) is 0. The number of amides is 2. The molecule has 0 aliphatic carbocycles. The van der Waals surface area contributed by atoms with E-state index in [2.05, 4.69) is 20.9 Å². The number of nitrogens with one attached hydrogen (secondary N) is 3. The van der Waals surface area contributed by atoms with Gasteiger partial charge in [-0.15, -0.1) is 0 Å². The number of urea groups is 1. The Bertz CT molecular complexity index is 866. The molecule has 2 heterocycles. The third-order valence-corrected chi connectivity index (χ3v) is 4.44. The molecule has 1 atom stereocenters. The van der Waals surface area contributed by atoms with Crippen molar-refractivity contribution in [2.24, 2.45) is 5.92 Å². The maximum absolute atomic E-state index is 12.1. The second-order valence-corrected chi connectivity index (χ2v) is 6.54. The van der Waals surface area contributed by atoms with Crippen molar-refractivity contribution in [2.75, 3.05) is 38.2 Å². The molecule has 140 valence electrons. The maximum atomic E-state index is 12.1. The van der Waals surface area contributed by atoms with Gasteiger partial charge in [-0.1, -0.05) is 12.1 Å². The van der Waals surface area contributed by atoms with E-state index in [1.54, 1.807) is 0 Å². The summed E-state index contributed by atoms with van der Waals surface area (Å²) in [4.78, 5) is 16.6. The van der Waals surface area contributed by atoms with Gasteiger partial charge in [0, 0.05) is 36.8 Å². The fraction of sp³-hybridized carbons (Fsp3) is 0.300. The van der Waals surface area contributed by atoms with E-state index >= 15 is 0 Å². The Morgan fingerprint density at radius 2 is 2.04 bits per heavy atom. The molecule has 1 aliphatic heterocycles. The van der Waals surface area contributed by atoms with Gasteiger partial charge in [0.2, 0.25) is 5.89 Å². The number of carbonyl (C=O) groups is 1. The zero-order valence-electron chi connectivity index (χ0n) is 14.9. The number of benzene rings is 2. The molecule has 4 rings (SSSR count). The first kappa shape index (κ1) is 17.5. The minimum Gasteiger partial charge on any atom is -0.436 e. The van der Waals surface area contributed by atoms with Crippen molar-refractivity contribution in [3.8, 4) is 11.5 Å². The van der Waals surface area contributed by atoms with Crippen LogP contribution >= 0.6 is 0 Å². The molecule has 0 unspecified atom stereocenters. The number of aromatic nitrogens is 1. The average molecular weight is 366 g/mol. The van der Waals surface area contributed by atoms with Crippen LogP contribution in [0.4, 0.5) is 10.5 Å². The summed E-state index contributed by atoms with van der Waals surface area (Å²) in [6, 6.07) is 14.8. The summed E-state index contributed by atoms with van der Waals surface area (Å²) in [5.41, 5.74) is 3.15. The van der Waals surface area contributed by atoms with Gasteiger partial charge in [-0.2, -0.15) is 0 Å². The molecule has 0 saturated carbocycles. The first-order valence-electron chi connectivity index (χ1n) is 9.07. The molecule has 0 bridgehead atoms. The van der Waals surface area contributed by atoms with Crippen molar-refractivity contribution in [3.05, 3.63) is 48.5 Å². The number of nitrogens with zero attached hydrogens (tertiary/aromatic N) is 1. The van der Waals surface area contributed by atoms with Crippen LogP contribution in [0.1, 0.15) is 0 Å². The van der Waals surface area contributed by atoms with Gasteiger partial charge < -0.3 is 25.1 Å². The highest BCUT2D eigenvalue weighted by atomic mass is 16.5. The van der Waals surface area contributed by atoms with Gasteiger partial charge in [-0.25, -0.2) is 9.78 Å². The monoisotopic (exact) mass is 366 g/mol. The molecule has 1 aromatic heterocycles. The molecule has 3 aromatic rings. The van der Waals surface area contributed by atoms with Gasteiger partial charge in [0.05, 0.1) is 13.2 Å². The normalized spacial score (nSPS) is 17.4. The van der Waals surface area contributed by atoms with Crippen molar-refractivity contribution < 1.29 is 13.9 Å². The van der Waals surface area contributed by atoms with E-state index in [1.807, 2.05) is 48.5 Å². The fourth-order valence-electron chi connectivity index (χ4n) is 2.99. The van der Waals surface area contributed by atoms with Crippen LogP contribution in [-0.4, -0.2) is 43.9 Å². The predicted octanol–water partition coefficient (Wildman–Crippen LogP) is 2.85. The van der Waals surface area contributed by atoms with Gasteiger partial charge in [-0.3, -0.25) is 0 Å². The number of carbonyl (C=O) groups excluding carboxylic acids is 1. The molecule has 27 heavy (non-hydrogen) atoms. The van der Waals surface area contributed by atoms with Crippen LogP contribution in [0.3, 0.4) is 0 Å². The lowest BCUT2D eigenvalue weighted by atomic mass is 10.1. The van der Waals surface area contributed by atoms with Gasteiger partial charge in [0.15, 0.2) is 5.58 Å². The molecule has 1 fully saturated rings. The van der Waals surface area contributed by atoms with Crippen LogP contribution in [0.2, 0.25) is 0 Å². The quantitative estimate of drug-likeness (QED) is 0.661. The largest absolute Gasteiger partial charge is 0.436 e. The minimum absolute atomic E-state index is 0.228. The first-order chi connectivity index (χ1) is 13.3. The number of para-hydroxylation sites is 2. The van der Waals surface area contributed by atoms with Gasteiger partial charge in [0.1, 0.15) is 5.52 Å². The topological polar surface area (TPSA) is 88.4 Å². The van der Waals surface area contributed by atoms with E-state index < -0.39 is 0 Å². The molecule has 3 N–H and O–H groups in total. The fourth-order valence-corrected chi connectivity index (χ4v) is 2.99. The number of fused-ring (bicyclic) bond motifs is 1. The van der Waals surface area contributed by atoms with Crippen molar-refractivity contribution in [1.29, 1.82) is 0 Å². The van der Waals surface area contributed by atoms with Gasteiger partial charge in [-0.05, 0) is 36.4 Å². The molecule has 1 saturated heterocycles. The van der Waals surface area contributed by atoms with Crippen molar-refractivity contribution >= 4 is 22.8 Å². The summed E-state index contributed by atoms with van der Waals surface area (Å²) in [7, 11) is 0. The molecule has 2 amide bonds. The van der Waals surface area contributed by atoms with E-state index in [1.165, 1.54) is 0 Å². The Kier molecular flexibility index (Phi) is 5.32. The molecule has 7 nitrogen and oxygen atoms in total. The second kappa shape index (κ2) is 8.20. The van der Waals surface area contributed by atoms with Gasteiger partial charge >= 0.3 is 6.03 Å². The Labute approximate surface area is 157 Å². The number of hydrogen-bond donors (Lipinski definition) is 3. The molecular formula is C20H22N4O3. The first-order valence-corrected chi connectivity index (χ1v) is 9.07. The van der Waals surface area contributed by atoms with Crippen LogP contribution in [0.25, 0.3) is 22.6 Å². The van der Waals surface area contributed by atoms with E-state index in [9.17, 15) is 4.79 Å². The Morgan fingerprint density at radius 1 is 1.19 bits per heavy atom. The summed E-state index contributed by atoms with van der Waals surface area (Å²) in [6.45, 7) is 3.65. The summed E-state index contributed by atoms with van der Waals surface area (Å²) < 4.78 is 11.2. The van der Waals surface area contributed by atoms with Crippen LogP contribution in [-0.2, 0) is 4.74 Å². The summed E-state index contributed by atoms with van der Waals surface area (Å²) in [5.74, 6) is 0.841. The number of oxazole rings is 1. The molecule has 0 radical (unpaired) electrons. The van der Waals surface area contributed by atoms with Crippen LogP contribution in [0, 0.1) is 5.92 Å². The molecule has 0 spiro atoms. The third-order valence-electron chi connectivity index (χ3n) is 4.44. The highest BCUT2D eigenvalue weighted by Crippen LogP contribution is 2.25. The Balaban J connectivity index is 1.33. The lowest BCUT2D eigenvalue weighted by Gasteiger charge is -2.15. The van der Waals surface area contributed by atoms with Crippen molar-refractivity contribution in [3.63, 3.8) is 0 Å². The van der Waals surface area contributed by atoms with Crippen LogP contribution in [0.15, 0.2) is 52.9 Å². The number of ether oxygens (including phenoxy) is 1. The van der Waals surface area contributed by atoms with E-state index in [-0.39, 0.29) is 11.9 Å². The lowest BCUT2D eigenvalue weighted by molar-refractivity contribution is 0.123. The zero-order chi connectivity index (χ0) is 18.5. The predicted molar refractivity (Wildman–Crippen MR) is 104 cm³/mol. The van der Waals surface area contributed by atoms with Gasteiger partial charge in [0.25, 0.3) is 0 Å². The van der Waals surface area contributed by atoms with E-state index in [0.29, 0.717) is 24.7 Å². The lowest BCUT2D eigenvalue weighted by Crippen LogP contribution is -2.37. The Morgan fingerprint density at radius 3 is 2.89 bits per heavy atom. The van der Waals surface area contributed by atoms with Crippen LogP contribution < -0.4 is 16.0 Å². The standard InChI is InChI=1S/C20H22N4O3/c25-20(22-12-14-11-21-9-10-26-13-14)23-16-7-5-15(6-8-16)19-24-17-3-1-2-4-18(17)27-19/h1-8,14,21H,9-13H2,(H2,22,23,25)/t14-/m0/s1. The Hall–Kier alpha value is -2.90. The SMILES string of the molecule is O=C(NC[C@@H]1CNCCOC1)Nc1ccc(-c2nc3ccccc3o2)cc1. The zero-order valence-corrected chi connectivity index (χ0v) is 14.9. The minimum atomic E-state index is -0.228. The molecule has 1 aliphatic rings. The van der Waals surface area contributed by atoms with Crippen LogP contribution in [0.5, 0.6) is 0 Å². The molecule has 2 aromatic carbocycles. The summed E-state index contributed by atoms with van der Waals surface area (Å²) in [5, 5.41) is 9.02. The third kappa shape index (κ3) is 4.45. The second-order valence-electron chi connectivity index (χ2n) is 6.54.